The Kier molecular flexibility index (Phi) is 5.82. The van der Waals surface area contributed by atoms with E-state index >= 15 is 0 Å². The number of ether oxygens (including phenoxy) is 1. The van der Waals surface area contributed by atoms with Crippen LogP contribution in [0, 0.1) is 0 Å². The SMILES string of the molecule is COc1ccc(CCNc2ccnc(NCc3ccccc3)n2)cc1. The molecule has 0 fully saturated rings. The summed E-state index contributed by atoms with van der Waals surface area (Å²) >= 11 is 0. The van der Waals surface area contributed by atoms with Crippen LogP contribution in [0.5, 0.6) is 5.75 Å². The second-order valence-corrected chi connectivity index (χ2v) is 5.63. The highest BCUT2D eigenvalue weighted by atomic mass is 16.5. The third-order valence-corrected chi connectivity index (χ3v) is 3.83. The monoisotopic (exact) mass is 334 g/mol. The van der Waals surface area contributed by atoms with Crippen molar-refractivity contribution in [1.29, 1.82) is 0 Å². The summed E-state index contributed by atoms with van der Waals surface area (Å²) in [5.74, 6) is 2.32. The normalized spacial score (nSPS) is 10.3. The van der Waals surface area contributed by atoms with Crippen LogP contribution in [0.3, 0.4) is 0 Å². The van der Waals surface area contributed by atoms with Crippen molar-refractivity contribution < 1.29 is 4.74 Å². The predicted molar refractivity (Wildman–Crippen MR) is 101 cm³/mol. The van der Waals surface area contributed by atoms with Gasteiger partial charge in [-0.05, 0) is 35.7 Å². The maximum absolute atomic E-state index is 5.17. The summed E-state index contributed by atoms with van der Waals surface area (Å²) in [6, 6.07) is 20.2. The van der Waals surface area contributed by atoms with E-state index in [1.165, 1.54) is 11.1 Å². The maximum atomic E-state index is 5.17. The van der Waals surface area contributed by atoms with Gasteiger partial charge in [0.1, 0.15) is 11.6 Å². The molecule has 25 heavy (non-hydrogen) atoms. The molecule has 0 bridgehead atoms. The van der Waals surface area contributed by atoms with Gasteiger partial charge in [0.05, 0.1) is 7.11 Å². The molecule has 0 atom stereocenters. The van der Waals surface area contributed by atoms with Crippen LogP contribution in [0.4, 0.5) is 11.8 Å². The largest absolute Gasteiger partial charge is 0.497 e. The van der Waals surface area contributed by atoms with Crippen LogP contribution in [0.1, 0.15) is 11.1 Å². The lowest BCUT2D eigenvalue weighted by Crippen LogP contribution is -2.09. The molecular weight excluding hydrogens is 312 g/mol. The molecule has 0 saturated heterocycles. The molecule has 0 saturated carbocycles. The molecule has 1 aromatic heterocycles. The van der Waals surface area contributed by atoms with Crippen LogP contribution >= 0.6 is 0 Å². The fraction of sp³-hybridized carbons (Fsp3) is 0.200. The second-order valence-electron chi connectivity index (χ2n) is 5.63. The molecule has 0 aliphatic rings. The highest BCUT2D eigenvalue weighted by Gasteiger charge is 2.00. The van der Waals surface area contributed by atoms with Crippen molar-refractivity contribution in [1.82, 2.24) is 9.97 Å². The van der Waals surface area contributed by atoms with Crippen LogP contribution in [0.25, 0.3) is 0 Å². The van der Waals surface area contributed by atoms with Gasteiger partial charge in [0, 0.05) is 19.3 Å². The molecule has 3 aromatic rings. The molecule has 0 amide bonds. The summed E-state index contributed by atoms with van der Waals surface area (Å²) in [5.41, 5.74) is 2.45. The maximum Gasteiger partial charge on any atom is 0.224 e. The average molecular weight is 334 g/mol. The van der Waals surface area contributed by atoms with Crippen LogP contribution < -0.4 is 15.4 Å². The van der Waals surface area contributed by atoms with E-state index in [1.807, 2.05) is 36.4 Å². The molecule has 1 heterocycles. The van der Waals surface area contributed by atoms with E-state index in [4.69, 9.17) is 4.74 Å². The minimum Gasteiger partial charge on any atom is -0.497 e. The Hall–Kier alpha value is -3.08. The number of benzene rings is 2. The summed E-state index contributed by atoms with van der Waals surface area (Å²) in [7, 11) is 1.68. The van der Waals surface area contributed by atoms with Gasteiger partial charge in [-0.15, -0.1) is 0 Å². The molecular formula is C20H22N4O. The first-order valence-electron chi connectivity index (χ1n) is 8.31. The van der Waals surface area contributed by atoms with Gasteiger partial charge in [-0.1, -0.05) is 42.5 Å². The Morgan fingerprint density at radius 3 is 2.44 bits per heavy atom. The van der Waals surface area contributed by atoms with Crippen molar-refractivity contribution in [3.05, 3.63) is 78.0 Å². The first kappa shape index (κ1) is 16.8. The van der Waals surface area contributed by atoms with Gasteiger partial charge < -0.3 is 15.4 Å². The van der Waals surface area contributed by atoms with Gasteiger partial charge in [0.25, 0.3) is 0 Å². The summed E-state index contributed by atoms with van der Waals surface area (Å²) < 4.78 is 5.17. The fourth-order valence-corrected chi connectivity index (χ4v) is 2.45. The molecule has 0 unspecified atom stereocenters. The average Bonchev–Trinajstić information content (AvgIpc) is 2.68. The van der Waals surface area contributed by atoms with Crippen molar-refractivity contribution in [2.24, 2.45) is 0 Å². The van der Waals surface area contributed by atoms with E-state index in [9.17, 15) is 0 Å². The molecule has 2 N–H and O–H groups in total. The van der Waals surface area contributed by atoms with E-state index in [0.29, 0.717) is 12.5 Å². The van der Waals surface area contributed by atoms with E-state index in [-0.39, 0.29) is 0 Å². The van der Waals surface area contributed by atoms with Crippen molar-refractivity contribution in [3.8, 4) is 5.75 Å². The number of aromatic nitrogens is 2. The standard InChI is InChI=1S/C20H22N4O/c1-25-18-9-7-16(8-10-18)11-13-21-19-12-14-22-20(24-19)23-15-17-5-3-2-4-6-17/h2-10,12,14H,11,13,15H2,1H3,(H2,21,22,23,24). The highest BCUT2D eigenvalue weighted by molar-refractivity contribution is 5.40. The van der Waals surface area contributed by atoms with Crippen LogP contribution in [-0.2, 0) is 13.0 Å². The van der Waals surface area contributed by atoms with E-state index in [1.54, 1.807) is 13.3 Å². The summed E-state index contributed by atoms with van der Waals surface area (Å²) in [6.07, 6.45) is 2.68. The molecule has 0 aliphatic carbocycles. The quantitative estimate of drug-likeness (QED) is 0.657. The Morgan fingerprint density at radius 1 is 0.880 bits per heavy atom. The summed E-state index contributed by atoms with van der Waals surface area (Å²) in [6.45, 7) is 1.51. The highest BCUT2D eigenvalue weighted by Crippen LogP contribution is 2.12. The van der Waals surface area contributed by atoms with Gasteiger partial charge in [-0.3, -0.25) is 0 Å². The Bertz CT molecular complexity index is 775. The minimum absolute atomic E-state index is 0.623. The number of nitrogens with one attached hydrogen (secondary N) is 2. The van der Waals surface area contributed by atoms with E-state index in [2.05, 4.69) is 44.9 Å². The van der Waals surface area contributed by atoms with E-state index < -0.39 is 0 Å². The molecule has 0 spiro atoms. The Labute approximate surface area is 148 Å². The summed E-state index contributed by atoms with van der Waals surface area (Å²) in [5, 5.41) is 6.58. The van der Waals surface area contributed by atoms with Gasteiger partial charge in [0.15, 0.2) is 0 Å². The van der Waals surface area contributed by atoms with Gasteiger partial charge >= 0.3 is 0 Å². The molecule has 3 rings (SSSR count). The van der Waals surface area contributed by atoms with Crippen LogP contribution in [-0.4, -0.2) is 23.6 Å². The Balaban J connectivity index is 1.49. The van der Waals surface area contributed by atoms with Crippen LogP contribution in [0.2, 0.25) is 0 Å². The number of hydrogen-bond acceptors (Lipinski definition) is 5. The van der Waals surface area contributed by atoms with Crippen LogP contribution in [0.15, 0.2) is 66.9 Å². The Morgan fingerprint density at radius 2 is 1.68 bits per heavy atom. The zero-order valence-electron chi connectivity index (χ0n) is 14.3. The zero-order valence-corrected chi connectivity index (χ0v) is 14.3. The van der Waals surface area contributed by atoms with Gasteiger partial charge in [-0.25, -0.2) is 4.98 Å². The van der Waals surface area contributed by atoms with Crippen molar-refractivity contribution in [2.45, 2.75) is 13.0 Å². The number of hydrogen-bond donors (Lipinski definition) is 2. The second kappa shape index (κ2) is 8.68. The fourth-order valence-electron chi connectivity index (χ4n) is 2.45. The molecule has 0 aliphatic heterocycles. The van der Waals surface area contributed by atoms with Crippen molar-refractivity contribution >= 4 is 11.8 Å². The lowest BCUT2D eigenvalue weighted by Gasteiger charge is -2.09. The number of rotatable bonds is 8. The third kappa shape index (κ3) is 5.21. The first-order valence-corrected chi connectivity index (χ1v) is 8.31. The van der Waals surface area contributed by atoms with E-state index in [0.717, 1.165) is 24.5 Å². The van der Waals surface area contributed by atoms with Gasteiger partial charge in [0.2, 0.25) is 5.95 Å². The number of methoxy groups -OCH3 is 1. The minimum atomic E-state index is 0.623. The first-order chi connectivity index (χ1) is 12.3. The summed E-state index contributed by atoms with van der Waals surface area (Å²) in [4.78, 5) is 8.76. The van der Waals surface area contributed by atoms with Gasteiger partial charge in [-0.2, -0.15) is 4.98 Å². The molecule has 2 aromatic carbocycles. The lowest BCUT2D eigenvalue weighted by atomic mass is 10.1. The zero-order chi connectivity index (χ0) is 17.3. The number of anilines is 2. The third-order valence-electron chi connectivity index (χ3n) is 3.83. The lowest BCUT2D eigenvalue weighted by molar-refractivity contribution is 0.414. The predicted octanol–water partition coefficient (Wildman–Crippen LogP) is 3.75. The molecule has 5 heteroatoms. The molecule has 128 valence electrons. The molecule has 0 radical (unpaired) electrons. The number of nitrogens with zero attached hydrogens (tertiary/aromatic N) is 2. The van der Waals surface area contributed by atoms with Crippen molar-refractivity contribution in [3.63, 3.8) is 0 Å². The van der Waals surface area contributed by atoms with Crippen molar-refractivity contribution in [2.75, 3.05) is 24.3 Å². The topological polar surface area (TPSA) is 59.1 Å². The molecule has 5 nitrogen and oxygen atoms in total. The smallest absolute Gasteiger partial charge is 0.224 e.